The lowest BCUT2D eigenvalue weighted by Gasteiger charge is -2.28. The minimum Gasteiger partial charge on any atom is -0.456 e. The Bertz CT molecular complexity index is 2670. The maximum absolute atomic E-state index is 6.81. The Balaban J connectivity index is 1.11. The first-order chi connectivity index (χ1) is 26.3. The molecule has 0 saturated carbocycles. The molecule has 0 radical (unpaired) electrons. The number of ether oxygens (including phenoxy) is 1. The van der Waals surface area contributed by atoms with Gasteiger partial charge in [0.15, 0.2) is 0 Å². The Hall–Kier alpha value is -7.10. The smallest absolute Gasteiger partial charge is 0.137 e. The molecule has 0 unspecified atom stereocenters. The van der Waals surface area contributed by atoms with Crippen molar-refractivity contribution in [2.24, 2.45) is 0 Å². The van der Waals surface area contributed by atoms with Gasteiger partial charge in [0.2, 0.25) is 0 Å². The number of hydrogen-bond donors (Lipinski definition) is 0. The minimum absolute atomic E-state index is 0.851. The number of para-hydroxylation sites is 4. The molecule has 0 saturated heterocycles. The second-order valence-electron chi connectivity index (χ2n) is 13.3. The zero-order chi connectivity index (χ0) is 35.1. The van der Waals surface area contributed by atoms with E-state index in [1.54, 1.807) is 0 Å². The molecule has 1 aliphatic heterocycles. The molecule has 9 aromatic carbocycles. The molecule has 0 aliphatic carbocycles. The molecule has 9 aromatic rings. The number of benzene rings is 9. The van der Waals surface area contributed by atoms with Crippen LogP contribution in [0.4, 0.5) is 34.1 Å². The van der Waals surface area contributed by atoms with E-state index in [9.17, 15) is 0 Å². The molecule has 0 amide bonds. The lowest BCUT2D eigenvalue weighted by molar-refractivity contribution is 0.487. The van der Waals surface area contributed by atoms with Gasteiger partial charge in [-0.1, -0.05) is 127 Å². The highest BCUT2D eigenvalue weighted by molar-refractivity contribution is 6.15. The van der Waals surface area contributed by atoms with Crippen LogP contribution in [0.5, 0.6) is 11.5 Å². The topological polar surface area (TPSA) is 15.7 Å². The van der Waals surface area contributed by atoms with Crippen LogP contribution in [-0.4, -0.2) is 0 Å². The average Bonchev–Trinajstić information content (AvgIpc) is 3.23. The van der Waals surface area contributed by atoms with Gasteiger partial charge in [0.1, 0.15) is 11.5 Å². The lowest BCUT2D eigenvalue weighted by Crippen LogP contribution is -2.10. The quantitative estimate of drug-likeness (QED) is 0.167. The molecule has 0 fully saturated rings. The summed E-state index contributed by atoms with van der Waals surface area (Å²) in [7, 11) is 0. The zero-order valence-electron chi connectivity index (χ0n) is 28.9. The Labute approximate surface area is 309 Å². The van der Waals surface area contributed by atoms with Crippen molar-refractivity contribution < 1.29 is 4.74 Å². The van der Waals surface area contributed by atoms with Crippen LogP contribution in [0.25, 0.3) is 43.8 Å². The van der Waals surface area contributed by atoms with Gasteiger partial charge in [-0.25, -0.2) is 0 Å². The van der Waals surface area contributed by atoms with Crippen LogP contribution in [0.15, 0.2) is 206 Å². The number of hydrogen-bond acceptors (Lipinski definition) is 3. The highest BCUT2D eigenvalue weighted by atomic mass is 16.5. The van der Waals surface area contributed by atoms with Crippen molar-refractivity contribution >= 4 is 55.7 Å². The molecular formula is C50H34N2O. The van der Waals surface area contributed by atoms with E-state index in [0.717, 1.165) is 56.6 Å². The summed E-state index contributed by atoms with van der Waals surface area (Å²) in [6.45, 7) is 0. The third-order valence-corrected chi connectivity index (χ3v) is 10.2. The van der Waals surface area contributed by atoms with Gasteiger partial charge in [-0.15, -0.1) is 0 Å². The Morgan fingerprint density at radius 2 is 0.755 bits per heavy atom. The van der Waals surface area contributed by atoms with E-state index in [1.165, 1.54) is 32.8 Å². The fraction of sp³-hybridized carbons (Fsp3) is 0. The van der Waals surface area contributed by atoms with E-state index < -0.39 is 0 Å². The number of nitrogens with zero attached hydrogens (tertiary/aromatic N) is 2. The summed E-state index contributed by atoms with van der Waals surface area (Å²) in [5.41, 5.74) is 11.2. The van der Waals surface area contributed by atoms with E-state index in [0.29, 0.717) is 0 Å². The monoisotopic (exact) mass is 678 g/mol. The molecule has 0 aromatic heterocycles. The molecule has 3 heteroatoms. The van der Waals surface area contributed by atoms with Crippen molar-refractivity contribution in [2.75, 3.05) is 9.80 Å². The van der Waals surface area contributed by atoms with Crippen molar-refractivity contribution in [3.8, 4) is 33.8 Å². The van der Waals surface area contributed by atoms with Crippen LogP contribution in [0.1, 0.15) is 0 Å². The molecule has 1 heterocycles. The van der Waals surface area contributed by atoms with E-state index in [4.69, 9.17) is 4.74 Å². The zero-order valence-corrected chi connectivity index (χ0v) is 28.9. The Morgan fingerprint density at radius 3 is 1.38 bits per heavy atom. The molecule has 3 nitrogen and oxygen atoms in total. The largest absolute Gasteiger partial charge is 0.456 e. The van der Waals surface area contributed by atoms with Gasteiger partial charge in [-0.3, -0.25) is 0 Å². The maximum atomic E-state index is 6.81. The fourth-order valence-corrected chi connectivity index (χ4v) is 7.89. The highest BCUT2D eigenvalue weighted by Gasteiger charge is 2.25. The third kappa shape index (κ3) is 5.30. The van der Waals surface area contributed by atoms with Gasteiger partial charge in [0.05, 0.1) is 5.69 Å². The second-order valence-corrected chi connectivity index (χ2v) is 13.3. The van der Waals surface area contributed by atoms with E-state index >= 15 is 0 Å². The molecule has 0 spiro atoms. The van der Waals surface area contributed by atoms with Crippen LogP contribution >= 0.6 is 0 Å². The Kier molecular flexibility index (Phi) is 7.47. The van der Waals surface area contributed by atoms with E-state index in [1.807, 2.05) is 0 Å². The predicted molar refractivity (Wildman–Crippen MR) is 222 cm³/mol. The molecule has 0 bridgehead atoms. The Morgan fingerprint density at radius 1 is 0.283 bits per heavy atom. The summed E-state index contributed by atoms with van der Waals surface area (Å²) < 4.78 is 6.81. The summed E-state index contributed by atoms with van der Waals surface area (Å²) in [6, 6.07) is 73.1. The van der Waals surface area contributed by atoms with Crippen LogP contribution in [-0.2, 0) is 0 Å². The summed E-state index contributed by atoms with van der Waals surface area (Å²) >= 11 is 0. The number of rotatable bonds is 7. The van der Waals surface area contributed by atoms with E-state index in [-0.39, 0.29) is 0 Å². The molecule has 0 atom stereocenters. The van der Waals surface area contributed by atoms with E-state index in [2.05, 4.69) is 216 Å². The first-order valence-corrected chi connectivity index (χ1v) is 18.0. The highest BCUT2D eigenvalue weighted by Crippen LogP contribution is 2.51. The van der Waals surface area contributed by atoms with Gasteiger partial charge < -0.3 is 14.5 Å². The van der Waals surface area contributed by atoms with Gasteiger partial charge in [0.25, 0.3) is 0 Å². The van der Waals surface area contributed by atoms with Crippen molar-refractivity contribution in [3.63, 3.8) is 0 Å². The predicted octanol–water partition coefficient (Wildman–Crippen LogP) is 14.4. The van der Waals surface area contributed by atoms with Crippen LogP contribution < -0.4 is 14.5 Å². The molecule has 250 valence electrons. The maximum Gasteiger partial charge on any atom is 0.137 e. The van der Waals surface area contributed by atoms with Crippen LogP contribution in [0, 0.1) is 0 Å². The fourth-order valence-electron chi connectivity index (χ4n) is 7.89. The SMILES string of the molecule is c1ccc(N(c2ccccc2)c2ccc3c(c2)Oc2cccc4c(-c5ccc(N(c6ccccc6)c6ccccc6)c6ccccc56)ccc-3c24)cc1. The second kappa shape index (κ2) is 12.9. The van der Waals surface area contributed by atoms with Gasteiger partial charge in [0, 0.05) is 50.8 Å². The molecule has 0 N–H and O–H groups in total. The summed E-state index contributed by atoms with van der Waals surface area (Å²) in [5, 5.41) is 4.70. The number of fused-ring (bicyclic) bond motifs is 3. The van der Waals surface area contributed by atoms with Crippen molar-refractivity contribution in [3.05, 3.63) is 206 Å². The van der Waals surface area contributed by atoms with Crippen molar-refractivity contribution in [1.29, 1.82) is 0 Å². The van der Waals surface area contributed by atoms with Gasteiger partial charge >= 0.3 is 0 Å². The molecule has 10 rings (SSSR count). The molecular weight excluding hydrogens is 645 g/mol. The third-order valence-electron chi connectivity index (χ3n) is 10.2. The first-order valence-electron chi connectivity index (χ1n) is 18.0. The van der Waals surface area contributed by atoms with Crippen molar-refractivity contribution in [2.45, 2.75) is 0 Å². The van der Waals surface area contributed by atoms with Crippen LogP contribution in [0.2, 0.25) is 0 Å². The van der Waals surface area contributed by atoms with Crippen molar-refractivity contribution in [1.82, 2.24) is 0 Å². The molecule has 53 heavy (non-hydrogen) atoms. The summed E-state index contributed by atoms with van der Waals surface area (Å²) in [5.74, 6) is 1.72. The number of anilines is 6. The van der Waals surface area contributed by atoms with Gasteiger partial charge in [-0.05, 0) is 100 Å². The van der Waals surface area contributed by atoms with Gasteiger partial charge in [-0.2, -0.15) is 0 Å². The lowest BCUT2D eigenvalue weighted by atomic mass is 9.88. The molecule has 1 aliphatic rings. The standard InChI is InChI=1S/C50H34N2O/c1-5-16-35(17-6-1)51(36-18-7-2-8-19-36)39-28-29-44-46-31-30-42(45-26-15-27-48(50(45)46)53-49(44)34-39)41-32-33-47(43-25-14-13-24-40(41)43)52(37-20-9-3-10-21-37)38-22-11-4-12-23-38/h1-34H. The normalized spacial score (nSPS) is 11.5. The average molecular weight is 679 g/mol. The first kappa shape index (κ1) is 30.7. The summed E-state index contributed by atoms with van der Waals surface area (Å²) in [4.78, 5) is 4.62. The minimum atomic E-state index is 0.851. The van der Waals surface area contributed by atoms with Crippen LogP contribution in [0.3, 0.4) is 0 Å². The summed E-state index contributed by atoms with van der Waals surface area (Å²) in [6.07, 6.45) is 0.